The quantitative estimate of drug-likeness (QED) is 0.366. The van der Waals surface area contributed by atoms with E-state index in [1.165, 1.54) is 11.1 Å². The number of benzene rings is 3. The van der Waals surface area contributed by atoms with E-state index in [-0.39, 0.29) is 0 Å². The van der Waals surface area contributed by atoms with Crippen molar-refractivity contribution >= 4 is 11.0 Å². The summed E-state index contributed by atoms with van der Waals surface area (Å²) in [7, 11) is 1.67. The third-order valence-corrected chi connectivity index (χ3v) is 5.07. The monoisotopic (exact) mass is 386 g/mol. The number of methoxy groups -OCH3 is 1. The van der Waals surface area contributed by atoms with Crippen LogP contribution in [-0.2, 0) is 19.4 Å². The van der Waals surface area contributed by atoms with Crippen molar-refractivity contribution in [3.8, 4) is 11.5 Å². The van der Waals surface area contributed by atoms with Gasteiger partial charge in [0.1, 0.15) is 17.3 Å². The number of para-hydroxylation sites is 2. The lowest BCUT2D eigenvalue weighted by atomic mass is 10.1. The van der Waals surface area contributed by atoms with Gasteiger partial charge in [0.2, 0.25) is 0 Å². The Kier molecular flexibility index (Phi) is 6.10. The minimum Gasteiger partial charge on any atom is -0.497 e. The zero-order valence-electron chi connectivity index (χ0n) is 16.8. The summed E-state index contributed by atoms with van der Waals surface area (Å²) in [6.45, 7) is 1.55. The molecule has 4 heteroatoms. The first-order valence-corrected chi connectivity index (χ1v) is 10.1. The second-order valence-corrected chi connectivity index (χ2v) is 7.03. The van der Waals surface area contributed by atoms with Crippen molar-refractivity contribution < 1.29 is 9.47 Å². The van der Waals surface area contributed by atoms with E-state index in [9.17, 15) is 0 Å². The van der Waals surface area contributed by atoms with Gasteiger partial charge in [0, 0.05) is 13.0 Å². The fraction of sp³-hybridized carbons (Fsp3) is 0.240. The molecule has 0 saturated carbocycles. The molecule has 148 valence electrons. The first kappa shape index (κ1) is 19.1. The van der Waals surface area contributed by atoms with Crippen molar-refractivity contribution in [2.24, 2.45) is 0 Å². The molecule has 0 saturated heterocycles. The van der Waals surface area contributed by atoms with Crippen LogP contribution >= 0.6 is 0 Å². The summed E-state index contributed by atoms with van der Waals surface area (Å²) in [5.74, 6) is 2.84. The molecule has 0 N–H and O–H groups in total. The number of fused-ring (bicyclic) bond motifs is 1. The van der Waals surface area contributed by atoms with Gasteiger partial charge in [-0.3, -0.25) is 0 Å². The van der Waals surface area contributed by atoms with Crippen LogP contribution in [0.15, 0.2) is 78.9 Å². The number of nitrogens with zero attached hydrogens (tertiary/aromatic N) is 2. The van der Waals surface area contributed by atoms with E-state index in [0.29, 0.717) is 6.61 Å². The van der Waals surface area contributed by atoms with E-state index < -0.39 is 0 Å². The van der Waals surface area contributed by atoms with Crippen LogP contribution in [0, 0.1) is 0 Å². The molecule has 0 bridgehead atoms. The highest BCUT2D eigenvalue weighted by Crippen LogP contribution is 2.20. The maximum atomic E-state index is 5.90. The molecule has 0 fully saturated rings. The van der Waals surface area contributed by atoms with E-state index >= 15 is 0 Å². The van der Waals surface area contributed by atoms with Gasteiger partial charge >= 0.3 is 0 Å². The third-order valence-electron chi connectivity index (χ3n) is 5.07. The third kappa shape index (κ3) is 4.77. The molecular formula is C25H26N2O2. The minimum absolute atomic E-state index is 0.664. The highest BCUT2D eigenvalue weighted by Gasteiger charge is 2.10. The molecule has 3 aromatic carbocycles. The number of hydrogen-bond acceptors (Lipinski definition) is 3. The maximum absolute atomic E-state index is 5.90. The number of ether oxygens (including phenoxy) is 2. The van der Waals surface area contributed by atoms with Gasteiger partial charge in [-0.15, -0.1) is 0 Å². The lowest BCUT2D eigenvalue weighted by Gasteiger charge is -2.11. The number of rotatable bonds is 9. The molecule has 0 unspecified atom stereocenters. The number of aromatic nitrogens is 2. The molecule has 0 aliphatic carbocycles. The molecule has 29 heavy (non-hydrogen) atoms. The lowest BCUT2D eigenvalue weighted by Crippen LogP contribution is -2.09. The van der Waals surface area contributed by atoms with Crippen molar-refractivity contribution in [3.63, 3.8) is 0 Å². The summed E-state index contributed by atoms with van der Waals surface area (Å²) in [6.07, 6.45) is 2.84. The average Bonchev–Trinajstić information content (AvgIpc) is 3.14. The van der Waals surface area contributed by atoms with E-state index in [1.807, 2.05) is 30.3 Å². The van der Waals surface area contributed by atoms with Crippen molar-refractivity contribution in [1.82, 2.24) is 9.55 Å². The summed E-state index contributed by atoms with van der Waals surface area (Å²) in [5, 5.41) is 0. The van der Waals surface area contributed by atoms with Crippen molar-refractivity contribution in [1.29, 1.82) is 0 Å². The molecule has 0 aliphatic rings. The van der Waals surface area contributed by atoms with E-state index in [1.54, 1.807) is 7.11 Å². The van der Waals surface area contributed by atoms with E-state index in [0.717, 1.165) is 48.6 Å². The second kappa shape index (κ2) is 9.28. The zero-order valence-corrected chi connectivity index (χ0v) is 16.8. The Morgan fingerprint density at radius 1 is 0.793 bits per heavy atom. The highest BCUT2D eigenvalue weighted by molar-refractivity contribution is 5.75. The smallest absolute Gasteiger partial charge is 0.119 e. The highest BCUT2D eigenvalue weighted by atomic mass is 16.5. The standard InChI is InChI=1S/C25H26N2O2/c1-28-21-13-15-22(16-14-21)29-19-7-18-27-24-11-6-5-10-23(24)26-25(27)17-12-20-8-3-2-4-9-20/h2-6,8-11,13-16H,7,12,17-19H2,1H3. The molecule has 4 rings (SSSR count). The van der Waals surface area contributed by atoms with Crippen LogP contribution in [0.4, 0.5) is 0 Å². The fourth-order valence-electron chi connectivity index (χ4n) is 3.55. The molecule has 0 atom stereocenters. The fourth-order valence-corrected chi connectivity index (χ4v) is 3.55. The van der Waals surface area contributed by atoms with Crippen molar-refractivity contribution in [2.75, 3.05) is 13.7 Å². The molecular weight excluding hydrogens is 360 g/mol. The van der Waals surface area contributed by atoms with Gasteiger partial charge in [0.15, 0.2) is 0 Å². The first-order chi connectivity index (χ1) is 14.3. The van der Waals surface area contributed by atoms with Gasteiger partial charge in [0.25, 0.3) is 0 Å². The summed E-state index contributed by atoms with van der Waals surface area (Å²) in [6, 6.07) is 26.7. The Morgan fingerprint density at radius 3 is 2.31 bits per heavy atom. The van der Waals surface area contributed by atoms with E-state index in [2.05, 4.69) is 53.1 Å². The lowest BCUT2D eigenvalue weighted by molar-refractivity contribution is 0.301. The SMILES string of the molecule is COc1ccc(OCCCn2c(CCc3ccccc3)nc3ccccc32)cc1. The van der Waals surface area contributed by atoms with Gasteiger partial charge in [0.05, 0.1) is 24.8 Å². The molecule has 0 amide bonds. The first-order valence-electron chi connectivity index (χ1n) is 10.1. The van der Waals surface area contributed by atoms with Crippen LogP contribution < -0.4 is 9.47 Å². The van der Waals surface area contributed by atoms with Crippen LogP contribution in [0.2, 0.25) is 0 Å². The van der Waals surface area contributed by atoms with Gasteiger partial charge in [-0.2, -0.15) is 0 Å². The minimum atomic E-state index is 0.664. The van der Waals surface area contributed by atoms with Gasteiger partial charge in [-0.05, 0) is 54.8 Å². The Bertz CT molecular complexity index is 1040. The van der Waals surface area contributed by atoms with Crippen molar-refractivity contribution in [3.05, 3.63) is 90.3 Å². The molecule has 0 radical (unpaired) electrons. The molecule has 1 aromatic heterocycles. The van der Waals surface area contributed by atoms with Crippen LogP contribution in [0.5, 0.6) is 11.5 Å². The Morgan fingerprint density at radius 2 is 1.52 bits per heavy atom. The topological polar surface area (TPSA) is 36.3 Å². The van der Waals surface area contributed by atoms with Crippen LogP contribution in [-0.4, -0.2) is 23.3 Å². The number of imidazole rings is 1. The molecule has 0 aliphatic heterocycles. The van der Waals surface area contributed by atoms with Crippen LogP contribution in [0.1, 0.15) is 17.8 Å². The normalized spacial score (nSPS) is 10.9. The van der Waals surface area contributed by atoms with E-state index in [4.69, 9.17) is 14.5 Å². The summed E-state index contributed by atoms with van der Waals surface area (Å²) in [5.41, 5.74) is 3.60. The molecule has 4 aromatic rings. The van der Waals surface area contributed by atoms with Gasteiger partial charge in [-0.1, -0.05) is 42.5 Å². The summed E-state index contributed by atoms with van der Waals surface area (Å²) >= 11 is 0. The predicted molar refractivity (Wildman–Crippen MR) is 117 cm³/mol. The van der Waals surface area contributed by atoms with Crippen molar-refractivity contribution in [2.45, 2.75) is 25.8 Å². The Balaban J connectivity index is 1.41. The second-order valence-electron chi connectivity index (χ2n) is 7.03. The average molecular weight is 386 g/mol. The van der Waals surface area contributed by atoms with Crippen LogP contribution in [0.25, 0.3) is 11.0 Å². The largest absolute Gasteiger partial charge is 0.497 e. The number of hydrogen-bond donors (Lipinski definition) is 0. The molecule has 1 heterocycles. The van der Waals surface area contributed by atoms with Gasteiger partial charge in [-0.25, -0.2) is 4.98 Å². The summed E-state index contributed by atoms with van der Waals surface area (Å²) in [4.78, 5) is 4.89. The summed E-state index contributed by atoms with van der Waals surface area (Å²) < 4.78 is 13.4. The predicted octanol–water partition coefficient (Wildman–Crippen LogP) is 5.30. The Hall–Kier alpha value is -3.27. The zero-order chi connectivity index (χ0) is 19.9. The molecule has 4 nitrogen and oxygen atoms in total. The van der Waals surface area contributed by atoms with Crippen LogP contribution in [0.3, 0.4) is 0 Å². The maximum Gasteiger partial charge on any atom is 0.119 e. The Labute approximate surface area is 171 Å². The van der Waals surface area contributed by atoms with Gasteiger partial charge < -0.3 is 14.0 Å². The molecule has 0 spiro atoms. The number of aryl methyl sites for hydroxylation is 3.